The molecule has 98 valence electrons. The summed E-state index contributed by atoms with van der Waals surface area (Å²) in [7, 11) is 1.91. The van der Waals surface area contributed by atoms with Crippen molar-refractivity contribution in [1.29, 1.82) is 0 Å². The summed E-state index contributed by atoms with van der Waals surface area (Å²) in [6.07, 6.45) is 3.74. The van der Waals surface area contributed by atoms with E-state index in [-0.39, 0.29) is 12.6 Å². The van der Waals surface area contributed by atoms with Crippen LogP contribution in [0.15, 0.2) is 6.20 Å². The summed E-state index contributed by atoms with van der Waals surface area (Å²) in [5.74, 6) is 0. The fraction of sp³-hybridized carbons (Fsp3) is 0.750. The Balaban J connectivity index is 2.74. The molecule has 0 bridgehead atoms. The molecule has 4 N–H and O–H groups in total. The molecule has 0 aliphatic heterocycles. The first-order chi connectivity index (χ1) is 8.12. The van der Waals surface area contributed by atoms with E-state index in [9.17, 15) is 0 Å². The fourth-order valence-corrected chi connectivity index (χ4v) is 2.09. The number of rotatable bonds is 7. The van der Waals surface area contributed by atoms with Crippen LogP contribution in [0.25, 0.3) is 0 Å². The molecule has 0 radical (unpaired) electrons. The van der Waals surface area contributed by atoms with Gasteiger partial charge in [-0.15, -0.1) is 0 Å². The van der Waals surface area contributed by atoms with Gasteiger partial charge in [0.2, 0.25) is 0 Å². The predicted octanol–water partition coefficient (Wildman–Crippen LogP) is 0.479. The van der Waals surface area contributed by atoms with E-state index in [1.54, 1.807) is 0 Å². The number of nitrogens with one attached hydrogen (secondary N) is 1. The number of nitrogens with zero attached hydrogens (tertiary/aromatic N) is 2. The number of aliphatic hydroxyl groups excluding tert-OH is 1. The zero-order valence-electron chi connectivity index (χ0n) is 11.0. The van der Waals surface area contributed by atoms with Crippen LogP contribution in [0.3, 0.4) is 0 Å². The molecule has 0 fully saturated rings. The highest BCUT2D eigenvalue weighted by molar-refractivity contribution is 5.20. The Morgan fingerprint density at radius 1 is 1.59 bits per heavy atom. The zero-order valence-corrected chi connectivity index (χ0v) is 11.0. The first kappa shape index (κ1) is 14.2. The average molecular weight is 240 g/mol. The summed E-state index contributed by atoms with van der Waals surface area (Å²) in [5.41, 5.74) is 7.97. The lowest BCUT2D eigenvalue weighted by Crippen LogP contribution is -2.37. The quantitative estimate of drug-likeness (QED) is 0.648. The van der Waals surface area contributed by atoms with Gasteiger partial charge in [-0.05, 0) is 19.8 Å². The predicted molar refractivity (Wildman–Crippen MR) is 68.7 cm³/mol. The first-order valence-corrected chi connectivity index (χ1v) is 6.19. The van der Waals surface area contributed by atoms with E-state index in [0.29, 0.717) is 12.6 Å². The molecule has 17 heavy (non-hydrogen) atoms. The van der Waals surface area contributed by atoms with Crippen LogP contribution in [0.5, 0.6) is 0 Å². The average Bonchev–Trinajstić information content (AvgIpc) is 2.63. The highest BCUT2D eigenvalue weighted by Crippen LogP contribution is 2.17. The molecule has 1 rings (SSSR count). The number of hydrogen-bond acceptors (Lipinski definition) is 4. The van der Waals surface area contributed by atoms with Gasteiger partial charge in [-0.25, -0.2) is 0 Å². The second kappa shape index (κ2) is 6.74. The minimum Gasteiger partial charge on any atom is -0.396 e. The number of aromatic nitrogens is 2. The standard InChI is InChI=1S/C12H24N4O/c1-4-10(5-6-17)14-12(7-13)11-8-16(3)15-9(11)2/h8,10,12,14,17H,4-7,13H2,1-3H3. The van der Waals surface area contributed by atoms with Gasteiger partial charge in [0, 0.05) is 44.0 Å². The van der Waals surface area contributed by atoms with E-state index in [4.69, 9.17) is 10.8 Å². The Kier molecular flexibility index (Phi) is 5.61. The molecule has 0 saturated carbocycles. The van der Waals surface area contributed by atoms with Crippen LogP contribution in [-0.4, -0.2) is 34.1 Å². The Bertz CT molecular complexity index is 337. The van der Waals surface area contributed by atoms with Gasteiger partial charge in [-0.2, -0.15) is 5.10 Å². The lowest BCUT2D eigenvalue weighted by Gasteiger charge is -2.23. The van der Waals surface area contributed by atoms with Gasteiger partial charge in [0.15, 0.2) is 0 Å². The van der Waals surface area contributed by atoms with E-state index in [1.165, 1.54) is 0 Å². The van der Waals surface area contributed by atoms with Crippen molar-refractivity contribution in [2.24, 2.45) is 12.8 Å². The van der Waals surface area contributed by atoms with E-state index in [2.05, 4.69) is 17.3 Å². The van der Waals surface area contributed by atoms with Gasteiger partial charge in [0.05, 0.1) is 5.69 Å². The molecule has 1 heterocycles. The summed E-state index contributed by atoms with van der Waals surface area (Å²) in [6, 6.07) is 0.411. The van der Waals surface area contributed by atoms with Crippen LogP contribution in [0.1, 0.15) is 37.1 Å². The second-order valence-corrected chi connectivity index (χ2v) is 4.42. The summed E-state index contributed by atoms with van der Waals surface area (Å²) >= 11 is 0. The van der Waals surface area contributed by atoms with Gasteiger partial charge in [-0.1, -0.05) is 6.92 Å². The molecular formula is C12H24N4O. The monoisotopic (exact) mass is 240 g/mol. The molecule has 0 amide bonds. The molecular weight excluding hydrogens is 216 g/mol. The largest absolute Gasteiger partial charge is 0.396 e. The molecule has 0 aromatic carbocycles. The second-order valence-electron chi connectivity index (χ2n) is 4.42. The number of nitrogens with two attached hydrogens (primary N) is 1. The molecule has 0 saturated heterocycles. The van der Waals surface area contributed by atoms with Crippen molar-refractivity contribution in [3.8, 4) is 0 Å². The fourth-order valence-electron chi connectivity index (χ4n) is 2.09. The Morgan fingerprint density at radius 3 is 2.71 bits per heavy atom. The maximum atomic E-state index is 8.99. The summed E-state index contributed by atoms with van der Waals surface area (Å²) in [6.45, 7) is 4.84. The number of aryl methyl sites for hydroxylation is 2. The van der Waals surface area contributed by atoms with Crippen molar-refractivity contribution in [2.75, 3.05) is 13.2 Å². The Hall–Kier alpha value is -0.910. The molecule has 0 aliphatic rings. The van der Waals surface area contributed by atoms with E-state index < -0.39 is 0 Å². The lowest BCUT2D eigenvalue weighted by molar-refractivity contribution is 0.255. The van der Waals surface area contributed by atoms with Gasteiger partial charge in [-0.3, -0.25) is 4.68 Å². The molecule has 5 nitrogen and oxygen atoms in total. The van der Waals surface area contributed by atoms with Crippen LogP contribution in [0.4, 0.5) is 0 Å². The third kappa shape index (κ3) is 3.80. The van der Waals surface area contributed by atoms with Crippen molar-refractivity contribution >= 4 is 0 Å². The third-order valence-electron chi connectivity index (χ3n) is 3.07. The molecule has 1 aromatic heterocycles. The molecule has 1 aromatic rings. The zero-order chi connectivity index (χ0) is 12.8. The summed E-state index contributed by atoms with van der Waals surface area (Å²) < 4.78 is 1.81. The minimum atomic E-state index is 0.111. The lowest BCUT2D eigenvalue weighted by atomic mass is 10.0. The Labute approximate surface area is 103 Å². The normalized spacial score (nSPS) is 14.9. The SMILES string of the molecule is CCC(CCO)NC(CN)c1cn(C)nc1C. The van der Waals surface area contributed by atoms with Crippen LogP contribution in [0, 0.1) is 6.92 Å². The van der Waals surface area contributed by atoms with Crippen molar-refractivity contribution in [3.63, 3.8) is 0 Å². The van der Waals surface area contributed by atoms with Gasteiger partial charge in [0.1, 0.15) is 0 Å². The molecule has 2 atom stereocenters. The first-order valence-electron chi connectivity index (χ1n) is 6.19. The minimum absolute atomic E-state index is 0.111. The highest BCUT2D eigenvalue weighted by atomic mass is 16.3. The van der Waals surface area contributed by atoms with Crippen LogP contribution >= 0.6 is 0 Å². The molecule has 2 unspecified atom stereocenters. The summed E-state index contributed by atoms with van der Waals surface area (Å²) in [4.78, 5) is 0. The smallest absolute Gasteiger partial charge is 0.0641 e. The van der Waals surface area contributed by atoms with Crippen LogP contribution < -0.4 is 11.1 Å². The maximum absolute atomic E-state index is 8.99. The topological polar surface area (TPSA) is 76.1 Å². The van der Waals surface area contributed by atoms with Crippen molar-refractivity contribution in [2.45, 2.75) is 38.8 Å². The van der Waals surface area contributed by atoms with Crippen LogP contribution in [-0.2, 0) is 7.05 Å². The van der Waals surface area contributed by atoms with E-state index in [1.807, 2.05) is 24.9 Å². The van der Waals surface area contributed by atoms with Crippen molar-refractivity contribution in [3.05, 3.63) is 17.5 Å². The number of aliphatic hydroxyl groups is 1. The Morgan fingerprint density at radius 2 is 2.29 bits per heavy atom. The highest BCUT2D eigenvalue weighted by Gasteiger charge is 2.18. The van der Waals surface area contributed by atoms with Crippen LogP contribution in [0.2, 0.25) is 0 Å². The molecule has 5 heteroatoms. The summed E-state index contributed by atoms with van der Waals surface area (Å²) in [5, 5.41) is 16.8. The van der Waals surface area contributed by atoms with E-state index in [0.717, 1.165) is 24.1 Å². The van der Waals surface area contributed by atoms with Crippen molar-refractivity contribution < 1.29 is 5.11 Å². The van der Waals surface area contributed by atoms with Gasteiger partial charge < -0.3 is 16.2 Å². The van der Waals surface area contributed by atoms with E-state index >= 15 is 0 Å². The third-order valence-corrected chi connectivity index (χ3v) is 3.07. The maximum Gasteiger partial charge on any atom is 0.0641 e. The molecule has 0 spiro atoms. The van der Waals surface area contributed by atoms with Crippen molar-refractivity contribution in [1.82, 2.24) is 15.1 Å². The number of hydrogen-bond donors (Lipinski definition) is 3. The molecule has 0 aliphatic carbocycles. The van der Waals surface area contributed by atoms with Gasteiger partial charge in [0.25, 0.3) is 0 Å². The van der Waals surface area contributed by atoms with Gasteiger partial charge >= 0.3 is 0 Å².